The highest BCUT2D eigenvalue weighted by Crippen LogP contribution is 2.19. The van der Waals surface area contributed by atoms with Gasteiger partial charge < -0.3 is 15.4 Å². The standard InChI is InChI=1S/C14H19FN2O2/c1-2-19-11-4-3-7-17(9-11)14(18)12-6-5-10(16)8-13(12)15/h5-6,8,11H,2-4,7,9,16H2,1H3. The molecule has 2 rings (SSSR count). The lowest BCUT2D eigenvalue weighted by Gasteiger charge is -2.32. The molecule has 1 aliphatic heterocycles. The first kappa shape index (κ1) is 13.8. The zero-order valence-corrected chi connectivity index (χ0v) is 11.1. The number of piperidine rings is 1. The first-order valence-corrected chi connectivity index (χ1v) is 6.57. The zero-order chi connectivity index (χ0) is 13.8. The molecule has 0 bridgehead atoms. The molecule has 4 nitrogen and oxygen atoms in total. The SMILES string of the molecule is CCOC1CCCN(C(=O)c2ccc(N)cc2F)C1. The number of amides is 1. The summed E-state index contributed by atoms with van der Waals surface area (Å²) >= 11 is 0. The highest BCUT2D eigenvalue weighted by molar-refractivity contribution is 5.94. The molecule has 5 heteroatoms. The quantitative estimate of drug-likeness (QED) is 0.852. The minimum atomic E-state index is -0.566. The molecule has 1 saturated heterocycles. The summed E-state index contributed by atoms with van der Waals surface area (Å²) in [6.07, 6.45) is 1.88. The van der Waals surface area contributed by atoms with Crippen LogP contribution in [0, 0.1) is 5.82 Å². The molecule has 1 amide bonds. The molecule has 104 valence electrons. The zero-order valence-electron chi connectivity index (χ0n) is 11.1. The maximum Gasteiger partial charge on any atom is 0.256 e. The molecule has 1 aromatic carbocycles. The van der Waals surface area contributed by atoms with E-state index in [-0.39, 0.29) is 17.6 Å². The van der Waals surface area contributed by atoms with Crippen LogP contribution >= 0.6 is 0 Å². The number of carbonyl (C=O) groups excluding carboxylic acids is 1. The number of nitrogens with two attached hydrogens (primary N) is 1. The van der Waals surface area contributed by atoms with Crippen molar-refractivity contribution in [3.05, 3.63) is 29.6 Å². The molecule has 19 heavy (non-hydrogen) atoms. The molecule has 2 N–H and O–H groups in total. The number of benzene rings is 1. The van der Waals surface area contributed by atoms with Gasteiger partial charge in [0.05, 0.1) is 11.7 Å². The number of anilines is 1. The number of likely N-dealkylation sites (tertiary alicyclic amines) is 1. The Labute approximate surface area is 112 Å². The van der Waals surface area contributed by atoms with Crippen LogP contribution in [0.1, 0.15) is 30.1 Å². The summed E-state index contributed by atoms with van der Waals surface area (Å²) in [7, 11) is 0. The predicted molar refractivity (Wildman–Crippen MR) is 71.4 cm³/mol. The van der Waals surface area contributed by atoms with Gasteiger partial charge in [0.2, 0.25) is 0 Å². The van der Waals surface area contributed by atoms with Gasteiger partial charge in [-0.1, -0.05) is 0 Å². The van der Waals surface area contributed by atoms with E-state index in [0.717, 1.165) is 12.8 Å². The van der Waals surface area contributed by atoms with Gasteiger partial charge in [0.1, 0.15) is 5.82 Å². The second-order valence-electron chi connectivity index (χ2n) is 4.71. The lowest BCUT2D eigenvalue weighted by atomic mass is 10.1. The Bertz CT molecular complexity index is 463. The summed E-state index contributed by atoms with van der Waals surface area (Å²) in [6, 6.07) is 4.16. The molecule has 1 aliphatic rings. The average Bonchev–Trinajstić information content (AvgIpc) is 2.39. The van der Waals surface area contributed by atoms with Crippen LogP contribution in [-0.4, -0.2) is 36.6 Å². The van der Waals surface area contributed by atoms with Gasteiger partial charge in [0, 0.05) is 25.4 Å². The molecule has 1 heterocycles. The smallest absolute Gasteiger partial charge is 0.256 e. The van der Waals surface area contributed by atoms with E-state index in [2.05, 4.69) is 0 Å². The predicted octanol–water partition coefficient (Wildman–Crippen LogP) is 2.05. The molecule has 1 atom stereocenters. The van der Waals surface area contributed by atoms with E-state index >= 15 is 0 Å². The van der Waals surface area contributed by atoms with E-state index in [1.54, 1.807) is 11.0 Å². The number of nitrogens with zero attached hydrogens (tertiary/aromatic N) is 1. The molecular formula is C14H19FN2O2. The number of rotatable bonds is 3. The number of nitrogen functional groups attached to an aromatic ring is 1. The van der Waals surface area contributed by atoms with Gasteiger partial charge in [0.25, 0.3) is 5.91 Å². The molecule has 0 aliphatic carbocycles. The number of ether oxygens (including phenoxy) is 1. The topological polar surface area (TPSA) is 55.6 Å². The second-order valence-corrected chi connectivity index (χ2v) is 4.71. The Morgan fingerprint density at radius 1 is 1.58 bits per heavy atom. The van der Waals surface area contributed by atoms with Crippen molar-refractivity contribution in [2.24, 2.45) is 0 Å². The fraction of sp³-hybridized carbons (Fsp3) is 0.500. The Kier molecular flexibility index (Phi) is 4.37. The number of hydrogen-bond donors (Lipinski definition) is 1. The minimum absolute atomic E-state index is 0.0551. The lowest BCUT2D eigenvalue weighted by molar-refractivity contribution is 0.00708. The van der Waals surface area contributed by atoms with Crippen molar-refractivity contribution < 1.29 is 13.9 Å². The third-order valence-electron chi connectivity index (χ3n) is 3.29. The summed E-state index contributed by atoms with van der Waals surface area (Å²) in [5.41, 5.74) is 5.88. The third-order valence-corrected chi connectivity index (χ3v) is 3.29. The van der Waals surface area contributed by atoms with Crippen LogP contribution < -0.4 is 5.73 Å². The van der Waals surface area contributed by atoms with E-state index in [4.69, 9.17) is 10.5 Å². The molecular weight excluding hydrogens is 247 g/mol. The maximum atomic E-state index is 13.7. The van der Waals surface area contributed by atoms with Crippen LogP contribution in [0.2, 0.25) is 0 Å². The lowest BCUT2D eigenvalue weighted by Crippen LogP contribution is -2.43. The maximum absolute atomic E-state index is 13.7. The summed E-state index contributed by atoms with van der Waals surface area (Å²) in [4.78, 5) is 13.9. The molecule has 1 fully saturated rings. The van der Waals surface area contributed by atoms with Gasteiger partial charge in [0.15, 0.2) is 0 Å². The Morgan fingerprint density at radius 2 is 2.37 bits per heavy atom. The van der Waals surface area contributed by atoms with E-state index in [1.807, 2.05) is 6.92 Å². The highest BCUT2D eigenvalue weighted by Gasteiger charge is 2.26. The van der Waals surface area contributed by atoms with Crippen LogP contribution in [-0.2, 0) is 4.74 Å². The summed E-state index contributed by atoms with van der Waals surface area (Å²) in [6.45, 7) is 3.73. The molecule has 0 aromatic heterocycles. The van der Waals surface area contributed by atoms with Gasteiger partial charge in [-0.15, -0.1) is 0 Å². The minimum Gasteiger partial charge on any atom is -0.399 e. The molecule has 0 radical (unpaired) electrons. The van der Waals surface area contributed by atoms with Crippen molar-refractivity contribution in [3.8, 4) is 0 Å². The van der Waals surface area contributed by atoms with Gasteiger partial charge in [-0.2, -0.15) is 0 Å². The van der Waals surface area contributed by atoms with Crippen molar-refractivity contribution in [3.63, 3.8) is 0 Å². The Balaban J connectivity index is 2.10. The first-order chi connectivity index (χ1) is 9.11. The number of carbonyl (C=O) groups is 1. The summed E-state index contributed by atoms with van der Waals surface area (Å²) in [5.74, 6) is -0.856. The fourth-order valence-electron chi connectivity index (χ4n) is 2.37. The third kappa shape index (κ3) is 3.23. The average molecular weight is 266 g/mol. The first-order valence-electron chi connectivity index (χ1n) is 6.57. The molecule has 1 unspecified atom stereocenters. The number of halogens is 1. The van der Waals surface area contributed by atoms with Crippen molar-refractivity contribution in [2.45, 2.75) is 25.9 Å². The van der Waals surface area contributed by atoms with E-state index in [0.29, 0.717) is 25.4 Å². The van der Waals surface area contributed by atoms with Gasteiger partial charge in [-0.3, -0.25) is 4.79 Å². The Hall–Kier alpha value is -1.62. The normalized spacial score (nSPS) is 19.5. The van der Waals surface area contributed by atoms with Gasteiger partial charge in [-0.25, -0.2) is 4.39 Å². The van der Waals surface area contributed by atoms with Crippen LogP contribution in [0.3, 0.4) is 0 Å². The van der Waals surface area contributed by atoms with Gasteiger partial charge >= 0.3 is 0 Å². The summed E-state index contributed by atoms with van der Waals surface area (Å²) < 4.78 is 19.3. The number of hydrogen-bond acceptors (Lipinski definition) is 3. The molecule has 0 saturated carbocycles. The van der Waals surface area contributed by atoms with Crippen LogP contribution in [0.5, 0.6) is 0 Å². The molecule has 0 spiro atoms. The van der Waals surface area contributed by atoms with E-state index in [1.165, 1.54) is 12.1 Å². The second kappa shape index (κ2) is 6.02. The van der Waals surface area contributed by atoms with Crippen molar-refractivity contribution in [1.82, 2.24) is 4.90 Å². The van der Waals surface area contributed by atoms with Crippen molar-refractivity contribution >= 4 is 11.6 Å². The van der Waals surface area contributed by atoms with E-state index in [9.17, 15) is 9.18 Å². The van der Waals surface area contributed by atoms with Crippen LogP contribution in [0.25, 0.3) is 0 Å². The van der Waals surface area contributed by atoms with Crippen LogP contribution in [0.4, 0.5) is 10.1 Å². The molecule has 1 aromatic rings. The van der Waals surface area contributed by atoms with Crippen molar-refractivity contribution in [2.75, 3.05) is 25.4 Å². The highest BCUT2D eigenvalue weighted by atomic mass is 19.1. The fourth-order valence-corrected chi connectivity index (χ4v) is 2.37. The Morgan fingerprint density at radius 3 is 3.05 bits per heavy atom. The van der Waals surface area contributed by atoms with Gasteiger partial charge in [-0.05, 0) is 38.0 Å². The van der Waals surface area contributed by atoms with E-state index < -0.39 is 5.82 Å². The monoisotopic (exact) mass is 266 g/mol. The van der Waals surface area contributed by atoms with Crippen LogP contribution in [0.15, 0.2) is 18.2 Å². The largest absolute Gasteiger partial charge is 0.399 e. The van der Waals surface area contributed by atoms with Crippen molar-refractivity contribution in [1.29, 1.82) is 0 Å². The summed E-state index contributed by atoms with van der Waals surface area (Å²) in [5, 5.41) is 0.